The van der Waals surface area contributed by atoms with E-state index < -0.39 is 5.69 Å². The van der Waals surface area contributed by atoms with Gasteiger partial charge in [-0.1, -0.05) is 41.5 Å². The van der Waals surface area contributed by atoms with Gasteiger partial charge in [0.05, 0.1) is 0 Å². The van der Waals surface area contributed by atoms with Crippen LogP contribution >= 0.6 is 0 Å². The van der Waals surface area contributed by atoms with Crippen molar-refractivity contribution in [1.29, 1.82) is 0 Å². The first kappa shape index (κ1) is 21.5. The van der Waals surface area contributed by atoms with E-state index in [2.05, 4.69) is 16.5 Å². The van der Waals surface area contributed by atoms with Crippen molar-refractivity contribution in [3.63, 3.8) is 0 Å². The second kappa shape index (κ2) is 8.45. The molecule has 0 radical (unpaired) electrons. The van der Waals surface area contributed by atoms with E-state index in [-0.39, 0.29) is 24.2 Å². The largest absolute Gasteiger partial charge is 0.346 e. The molecule has 0 spiro atoms. The average molecular weight is 434 g/mol. The molecule has 8 nitrogen and oxygen atoms in total. The highest BCUT2D eigenvalue weighted by molar-refractivity contribution is 5.92. The van der Waals surface area contributed by atoms with Gasteiger partial charge in [0.25, 0.3) is 5.91 Å². The number of carbonyl (C=O) groups excluding carboxylic acids is 2. The van der Waals surface area contributed by atoms with Crippen molar-refractivity contribution < 1.29 is 9.59 Å². The minimum atomic E-state index is -0.449. The van der Waals surface area contributed by atoms with Crippen LogP contribution in [-0.4, -0.2) is 37.6 Å². The van der Waals surface area contributed by atoms with Crippen LogP contribution in [0.4, 0.5) is 5.69 Å². The van der Waals surface area contributed by atoms with Crippen molar-refractivity contribution in [2.75, 3.05) is 11.9 Å². The number of hydrogen-bond donors (Lipinski definition) is 1. The predicted octanol–water partition coefficient (Wildman–Crippen LogP) is 2.57. The molecule has 1 aliphatic heterocycles. The number of nitrogens with zero attached hydrogens (tertiary/aromatic N) is 4. The van der Waals surface area contributed by atoms with Crippen molar-refractivity contribution in [1.82, 2.24) is 19.2 Å². The molecule has 2 amide bonds. The maximum Gasteiger partial charge on any atom is 0.346 e. The summed E-state index contributed by atoms with van der Waals surface area (Å²) in [4.78, 5) is 40.0. The van der Waals surface area contributed by atoms with Crippen LogP contribution in [-0.2, 0) is 24.4 Å². The van der Waals surface area contributed by atoms with Crippen molar-refractivity contribution >= 4 is 17.5 Å². The third kappa shape index (κ3) is 4.21. The van der Waals surface area contributed by atoms with Gasteiger partial charge in [-0.25, -0.2) is 9.48 Å². The van der Waals surface area contributed by atoms with Gasteiger partial charge in [0.2, 0.25) is 11.7 Å². The third-order valence-electron chi connectivity index (χ3n) is 5.81. The number of nitrogens with one attached hydrogen (secondary N) is 1. The van der Waals surface area contributed by atoms with Crippen LogP contribution in [0.5, 0.6) is 0 Å². The van der Waals surface area contributed by atoms with Gasteiger partial charge >= 0.3 is 5.69 Å². The number of aryl methyl sites for hydroxylation is 4. The van der Waals surface area contributed by atoms with Gasteiger partial charge in [0.15, 0.2) is 0 Å². The van der Waals surface area contributed by atoms with Crippen molar-refractivity contribution in [2.24, 2.45) is 0 Å². The number of rotatable bonds is 5. The monoisotopic (exact) mass is 433 g/mol. The summed E-state index contributed by atoms with van der Waals surface area (Å²) in [5, 5.41) is 7.01. The number of anilines is 1. The normalized spacial score (nSPS) is 13.2. The summed E-state index contributed by atoms with van der Waals surface area (Å²) in [6.07, 6.45) is 0. The van der Waals surface area contributed by atoms with E-state index in [1.165, 1.54) is 4.57 Å². The van der Waals surface area contributed by atoms with Crippen molar-refractivity contribution in [2.45, 2.75) is 47.3 Å². The number of aromatic nitrogens is 3. The molecular weight excluding hydrogens is 406 g/mol. The zero-order chi connectivity index (χ0) is 23.0. The summed E-state index contributed by atoms with van der Waals surface area (Å²) in [7, 11) is 0. The van der Waals surface area contributed by atoms with Crippen LogP contribution in [0.15, 0.2) is 41.2 Å². The molecule has 32 heavy (non-hydrogen) atoms. The summed E-state index contributed by atoms with van der Waals surface area (Å²) in [6, 6.07) is 11.9. The Hall–Kier alpha value is -3.68. The van der Waals surface area contributed by atoms with Crippen LogP contribution in [0.2, 0.25) is 0 Å². The molecule has 0 unspecified atom stereocenters. The Morgan fingerprint density at radius 1 is 0.969 bits per heavy atom. The first-order chi connectivity index (χ1) is 15.2. The zero-order valence-corrected chi connectivity index (χ0v) is 18.8. The fraction of sp³-hybridized carbons (Fsp3) is 0.333. The Morgan fingerprint density at radius 3 is 2.44 bits per heavy atom. The van der Waals surface area contributed by atoms with E-state index >= 15 is 0 Å². The van der Waals surface area contributed by atoms with E-state index in [4.69, 9.17) is 0 Å². The number of amides is 2. The van der Waals surface area contributed by atoms with E-state index in [9.17, 15) is 14.4 Å². The molecule has 0 saturated carbocycles. The number of benzene rings is 2. The molecule has 166 valence electrons. The lowest BCUT2D eigenvalue weighted by Gasteiger charge is -2.27. The van der Waals surface area contributed by atoms with Gasteiger partial charge in [-0.15, -0.1) is 5.10 Å². The maximum atomic E-state index is 13.0. The standard InChI is InChI=1S/C24H27N5O3/c1-15-6-8-20(18(4)11-15)25-21(30)14-29-24(32)28-10-9-27(23(31)22(28)26-29)13-19-12-16(2)5-7-17(19)3/h5-8,11-12H,9-10,13-14H2,1-4H3,(H,25,30). The molecular formula is C24H27N5O3. The smallest absolute Gasteiger partial charge is 0.330 e. The molecule has 0 aliphatic carbocycles. The fourth-order valence-electron chi connectivity index (χ4n) is 3.97. The molecule has 0 atom stereocenters. The highest BCUT2D eigenvalue weighted by Crippen LogP contribution is 2.18. The third-order valence-corrected chi connectivity index (χ3v) is 5.81. The van der Waals surface area contributed by atoms with E-state index in [1.54, 1.807) is 4.90 Å². The Bertz CT molecular complexity index is 1270. The quantitative estimate of drug-likeness (QED) is 0.670. The predicted molar refractivity (Wildman–Crippen MR) is 122 cm³/mol. The Balaban J connectivity index is 1.51. The van der Waals surface area contributed by atoms with Gasteiger partial charge in [0, 0.05) is 25.3 Å². The first-order valence-corrected chi connectivity index (χ1v) is 10.6. The first-order valence-electron chi connectivity index (χ1n) is 10.6. The van der Waals surface area contributed by atoms with Crippen LogP contribution in [0.25, 0.3) is 0 Å². The van der Waals surface area contributed by atoms with Crippen LogP contribution in [0, 0.1) is 27.7 Å². The van der Waals surface area contributed by atoms with Crippen LogP contribution < -0.4 is 11.0 Å². The minimum absolute atomic E-state index is 0.0749. The molecule has 0 saturated heterocycles. The van der Waals surface area contributed by atoms with Gasteiger partial charge < -0.3 is 10.2 Å². The molecule has 3 aromatic rings. The second-order valence-corrected chi connectivity index (χ2v) is 8.44. The molecule has 0 bridgehead atoms. The van der Waals surface area contributed by atoms with Gasteiger partial charge in [0.1, 0.15) is 6.54 Å². The maximum absolute atomic E-state index is 13.0. The van der Waals surface area contributed by atoms with E-state index in [1.807, 2.05) is 58.0 Å². The molecule has 2 heterocycles. The van der Waals surface area contributed by atoms with Gasteiger partial charge in [-0.05, 0) is 50.5 Å². The SMILES string of the molecule is Cc1ccc(NC(=O)Cn2nc3n(c2=O)CCN(Cc2cc(C)ccc2C)C3=O)c(C)c1. The fourth-order valence-corrected chi connectivity index (χ4v) is 3.97. The van der Waals surface area contributed by atoms with Gasteiger partial charge in [-0.2, -0.15) is 0 Å². The summed E-state index contributed by atoms with van der Waals surface area (Å²) >= 11 is 0. The molecule has 1 N–H and O–H groups in total. The minimum Gasteiger partial charge on any atom is -0.330 e. The average Bonchev–Trinajstić information content (AvgIpc) is 3.05. The lowest BCUT2D eigenvalue weighted by Crippen LogP contribution is -2.42. The molecule has 1 aliphatic rings. The lowest BCUT2D eigenvalue weighted by molar-refractivity contribution is -0.117. The summed E-state index contributed by atoms with van der Waals surface area (Å²) in [5.74, 6) is -0.595. The molecule has 8 heteroatoms. The van der Waals surface area contributed by atoms with Crippen LogP contribution in [0.1, 0.15) is 38.4 Å². The Morgan fingerprint density at radius 2 is 1.69 bits per heavy atom. The second-order valence-electron chi connectivity index (χ2n) is 8.44. The molecule has 0 fully saturated rings. The summed E-state index contributed by atoms with van der Waals surface area (Å²) < 4.78 is 2.42. The van der Waals surface area contributed by atoms with Gasteiger partial charge in [-0.3, -0.25) is 14.2 Å². The molecule has 1 aromatic heterocycles. The zero-order valence-electron chi connectivity index (χ0n) is 18.8. The number of hydrogen-bond acceptors (Lipinski definition) is 4. The van der Waals surface area contributed by atoms with Crippen molar-refractivity contribution in [3.8, 4) is 0 Å². The number of carbonyl (C=O) groups is 2. The van der Waals surface area contributed by atoms with E-state index in [0.717, 1.165) is 32.5 Å². The highest BCUT2D eigenvalue weighted by Gasteiger charge is 2.30. The number of fused-ring (bicyclic) bond motifs is 1. The lowest BCUT2D eigenvalue weighted by atomic mass is 10.0. The highest BCUT2D eigenvalue weighted by atomic mass is 16.2. The van der Waals surface area contributed by atoms with Crippen LogP contribution in [0.3, 0.4) is 0 Å². The van der Waals surface area contributed by atoms with Crippen molar-refractivity contribution in [3.05, 3.63) is 80.5 Å². The topological polar surface area (TPSA) is 89.2 Å². The Labute approximate surface area is 186 Å². The Kier molecular flexibility index (Phi) is 5.69. The van der Waals surface area contributed by atoms with E-state index in [0.29, 0.717) is 25.3 Å². The molecule has 2 aromatic carbocycles. The summed E-state index contributed by atoms with van der Waals surface area (Å²) in [6.45, 7) is 8.90. The summed E-state index contributed by atoms with van der Waals surface area (Å²) in [5.41, 5.74) is 5.59. The molecule has 4 rings (SSSR count).